The number of thiophene rings is 1. The lowest BCUT2D eigenvalue weighted by Crippen LogP contribution is -2.11. The fourth-order valence-electron chi connectivity index (χ4n) is 1.58. The van der Waals surface area contributed by atoms with E-state index in [9.17, 15) is 15.2 Å². The third kappa shape index (κ3) is 2.38. The van der Waals surface area contributed by atoms with Crippen LogP contribution in [0.25, 0.3) is 0 Å². The van der Waals surface area contributed by atoms with Crippen molar-refractivity contribution in [2.24, 2.45) is 5.73 Å². The minimum Gasteiger partial charge on any atom is -0.506 e. The Hall–Kier alpha value is -1.44. The van der Waals surface area contributed by atoms with Crippen LogP contribution in [-0.2, 0) is 0 Å². The Labute approximate surface area is 115 Å². The van der Waals surface area contributed by atoms with Crippen molar-refractivity contribution < 1.29 is 10.0 Å². The van der Waals surface area contributed by atoms with E-state index in [0.29, 0.717) is 5.56 Å². The lowest BCUT2D eigenvalue weighted by atomic mass is 10.0. The number of rotatable bonds is 3. The lowest BCUT2D eigenvalue weighted by Gasteiger charge is -2.13. The number of nitro benzene ring substituents is 1. The van der Waals surface area contributed by atoms with Gasteiger partial charge < -0.3 is 10.8 Å². The van der Waals surface area contributed by atoms with Gasteiger partial charge in [-0.25, -0.2) is 0 Å². The summed E-state index contributed by atoms with van der Waals surface area (Å²) in [5.74, 6) is -0.0701. The summed E-state index contributed by atoms with van der Waals surface area (Å²) in [6, 6.07) is 3.77. The fourth-order valence-corrected chi connectivity index (χ4v) is 2.74. The van der Waals surface area contributed by atoms with E-state index in [0.717, 1.165) is 5.56 Å². The number of nitrogens with zero attached hydrogens (tertiary/aromatic N) is 1. The molecule has 1 aromatic heterocycles. The molecule has 1 atom stereocenters. The van der Waals surface area contributed by atoms with Crippen LogP contribution in [0.4, 0.5) is 5.69 Å². The Kier molecular flexibility index (Phi) is 3.65. The van der Waals surface area contributed by atoms with Crippen LogP contribution in [0.2, 0.25) is 0 Å². The zero-order valence-electron chi connectivity index (χ0n) is 9.04. The summed E-state index contributed by atoms with van der Waals surface area (Å²) in [7, 11) is 0. The number of nitrogens with two attached hydrogens (primary N) is 1. The van der Waals surface area contributed by atoms with Gasteiger partial charge in [-0.3, -0.25) is 10.1 Å². The predicted octanol–water partition coefficient (Wildman–Crippen LogP) is 3.17. The van der Waals surface area contributed by atoms with Gasteiger partial charge in [0, 0.05) is 17.7 Å². The molecule has 0 aliphatic carbocycles. The molecule has 1 aromatic carbocycles. The Bertz CT molecular complexity index is 586. The summed E-state index contributed by atoms with van der Waals surface area (Å²) in [6.07, 6.45) is 0. The highest BCUT2D eigenvalue weighted by atomic mass is 79.9. The summed E-state index contributed by atoms with van der Waals surface area (Å²) >= 11 is 4.57. The Balaban J connectivity index is 2.53. The van der Waals surface area contributed by atoms with Crippen LogP contribution >= 0.6 is 27.3 Å². The topological polar surface area (TPSA) is 89.4 Å². The Morgan fingerprint density at radius 3 is 2.78 bits per heavy atom. The average molecular weight is 329 g/mol. The van der Waals surface area contributed by atoms with E-state index in [1.54, 1.807) is 0 Å². The second kappa shape index (κ2) is 5.05. The summed E-state index contributed by atoms with van der Waals surface area (Å²) in [5, 5.41) is 24.4. The van der Waals surface area contributed by atoms with Gasteiger partial charge >= 0.3 is 0 Å². The van der Waals surface area contributed by atoms with Crippen molar-refractivity contribution in [2.75, 3.05) is 0 Å². The molecular weight excluding hydrogens is 320 g/mol. The number of halogens is 1. The van der Waals surface area contributed by atoms with E-state index < -0.39 is 11.0 Å². The van der Waals surface area contributed by atoms with Crippen LogP contribution in [-0.4, -0.2) is 10.0 Å². The van der Waals surface area contributed by atoms with Crippen molar-refractivity contribution in [1.29, 1.82) is 0 Å². The summed E-state index contributed by atoms with van der Waals surface area (Å²) in [5.41, 5.74) is 7.03. The van der Waals surface area contributed by atoms with Gasteiger partial charge in [0.15, 0.2) is 0 Å². The second-order valence-corrected chi connectivity index (χ2v) is 5.29. The van der Waals surface area contributed by atoms with Crippen LogP contribution in [0.5, 0.6) is 5.75 Å². The number of nitro groups is 1. The molecule has 0 radical (unpaired) electrons. The minimum absolute atomic E-state index is 0.0701. The van der Waals surface area contributed by atoms with Crippen molar-refractivity contribution in [3.8, 4) is 5.75 Å². The molecule has 0 unspecified atom stereocenters. The summed E-state index contributed by atoms with van der Waals surface area (Å²) in [6.45, 7) is 0. The number of non-ortho nitro benzene ring substituents is 1. The maximum absolute atomic E-state index is 10.8. The zero-order valence-corrected chi connectivity index (χ0v) is 11.4. The molecule has 18 heavy (non-hydrogen) atoms. The molecule has 3 N–H and O–H groups in total. The highest BCUT2D eigenvalue weighted by molar-refractivity contribution is 9.10. The van der Waals surface area contributed by atoms with E-state index in [1.807, 2.05) is 16.8 Å². The molecule has 0 saturated carbocycles. The molecule has 94 valence electrons. The molecule has 0 saturated heterocycles. The standard InChI is InChI=1S/C11H9BrN2O3S/c12-9-4-7(14(16)17)3-8(11(9)15)10(13)6-1-2-18-5-6/h1-5,10,15H,13H2/t10-/m0/s1. The molecule has 0 spiro atoms. The first-order chi connectivity index (χ1) is 8.50. The molecule has 0 bridgehead atoms. The third-order valence-corrected chi connectivity index (χ3v) is 3.83. The molecule has 2 aromatic rings. The quantitative estimate of drug-likeness (QED) is 0.668. The van der Waals surface area contributed by atoms with Crippen LogP contribution in [0.1, 0.15) is 17.2 Å². The lowest BCUT2D eigenvalue weighted by molar-refractivity contribution is -0.385. The maximum Gasteiger partial charge on any atom is 0.271 e. The molecule has 1 heterocycles. The first kappa shape index (κ1) is 13.0. The zero-order chi connectivity index (χ0) is 13.3. The Morgan fingerprint density at radius 1 is 1.50 bits per heavy atom. The van der Waals surface area contributed by atoms with Crippen molar-refractivity contribution in [1.82, 2.24) is 0 Å². The van der Waals surface area contributed by atoms with Crippen molar-refractivity contribution in [2.45, 2.75) is 6.04 Å². The highest BCUT2D eigenvalue weighted by Gasteiger charge is 2.20. The maximum atomic E-state index is 10.8. The van der Waals surface area contributed by atoms with Gasteiger partial charge in [0.25, 0.3) is 5.69 Å². The SMILES string of the molecule is N[C@@H](c1ccsc1)c1cc([N+](=O)[O-])cc(Br)c1O. The minimum atomic E-state index is -0.590. The monoisotopic (exact) mass is 328 g/mol. The van der Waals surface area contributed by atoms with Gasteiger partial charge in [0.2, 0.25) is 0 Å². The molecule has 0 aliphatic heterocycles. The molecule has 7 heteroatoms. The van der Waals surface area contributed by atoms with Crippen LogP contribution in [0.15, 0.2) is 33.4 Å². The molecule has 0 amide bonds. The van der Waals surface area contributed by atoms with E-state index in [2.05, 4.69) is 15.9 Å². The van der Waals surface area contributed by atoms with Gasteiger partial charge in [0.1, 0.15) is 5.75 Å². The van der Waals surface area contributed by atoms with Crippen molar-refractivity contribution >= 4 is 33.0 Å². The first-order valence-electron chi connectivity index (χ1n) is 4.95. The molecule has 0 fully saturated rings. The first-order valence-corrected chi connectivity index (χ1v) is 6.68. The molecule has 0 aliphatic rings. The third-order valence-electron chi connectivity index (χ3n) is 2.53. The van der Waals surface area contributed by atoms with Crippen LogP contribution in [0, 0.1) is 10.1 Å². The van der Waals surface area contributed by atoms with E-state index in [4.69, 9.17) is 5.73 Å². The van der Waals surface area contributed by atoms with Crippen LogP contribution in [0.3, 0.4) is 0 Å². The number of hydrogen-bond donors (Lipinski definition) is 2. The average Bonchev–Trinajstić information content (AvgIpc) is 2.85. The largest absolute Gasteiger partial charge is 0.506 e. The van der Waals surface area contributed by atoms with Gasteiger partial charge in [0.05, 0.1) is 15.4 Å². The van der Waals surface area contributed by atoms with E-state index in [1.165, 1.54) is 23.5 Å². The smallest absolute Gasteiger partial charge is 0.271 e. The summed E-state index contributed by atoms with van der Waals surface area (Å²) < 4.78 is 0.261. The van der Waals surface area contributed by atoms with E-state index in [-0.39, 0.29) is 15.9 Å². The predicted molar refractivity (Wildman–Crippen MR) is 72.8 cm³/mol. The normalized spacial score (nSPS) is 12.3. The van der Waals surface area contributed by atoms with Crippen molar-refractivity contribution in [3.05, 3.63) is 54.7 Å². The van der Waals surface area contributed by atoms with Crippen molar-refractivity contribution in [3.63, 3.8) is 0 Å². The molecule has 5 nitrogen and oxygen atoms in total. The number of phenolic OH excluding ortho intramolecular Hbond substituents is 1. The molecular formula is C11H9BrN2O3S. The van der Waals surface area contributed by atoms with Crippen LogP contribution < -0.4 is 5.73 Å². The van der Waals surface area contributed by atoms with Gasteiger partial charge in [-0.2, -0.15) is 11.3 Å². The summed E-state index contributed by atoms with van der Waals surface area (Å²) in [4.78, 5) is 10.3. The number of benzene rings is 1. The van der Waals surface area contributed by atoms with Gasteiger partial charge in [-0.05, 0) is 38.3 Å². The number of phenols is 1. The van der Waals surface area contributed by atoms with E-state index >= 15 is 0 Å². The Morgan fingerprint density at radius 2 is 2.22 bits per heavy atom. The fraction of sp³-hybridized carbons (Fsp3) is 0.0909. The van der Waals surface area contributed by atoms with Gasteiger partial charge in [-0.1, -0.05) is 0 Å². The van der Waals surface area contributed by atoms with Gasteiger partial charge in [-0.15, -0.1) is 0 Å². The highest BCUT2D eigenvalue weighted by Crippen LogP contribution is 2.37. The number of hydrogen-bond acceptors (Lipinski definition) is 5. The number of aromatic hydroxyl groups is 1. The molecule has 2 rings (SSSR count). The second-order valence-electron chi connectivity index (χ2n) is 3.66.